The van der Waals surface area contributed by atoms with E-state index >= 15 is 0 Å². The Morgan fingerprint density at radius 3 is 2.83 bits per heavy atom. The van der Waals surface area contributed by atoms with Gasteiger partial charge in [-0.15, -0.1) is 0 Å². The smallest absolute Gasteiger partial charge is 0.246 e. The van der Waals surface area contributed by atoms with Crippen molar-refractivity contribution >= 4 is 27.9 Å². The first kappa shape index (κ1) is 13.2. The van der Waals surface area contributed by atoms with E-state index in [-0.39, 0.29) is 11.7 Å². The number of morpholine rings is 1. The molecule has 1 aromatic rings. The number of hydrogen-bond donors (Lipinski definition) is 0. The molecular formula is C13H13BrFNO2. The molecule has 0 saturated carbocycles. The molecule has 0 N–H and O–H groups in total. The maximum atomic E-state index is 13.4. The second-order valence-corrected chi connectivity index (χ2v) is 4.85. The van der Waals surface area contributed by atoms with E-state index < -0.39 is 0 Å². The molecule has 1 aliphatic heterocycles. The molecule has 0 aliphatic carbocycles. The number of carbonyl (C=O) groups is 1. The molecule has 1 aromatic carbocycles. The maximum Gasteiger partial charge on any atom is 0.246 e. The first-order valence-electron chi connectivity index (χ1n) is 5.66. The molecule has 0 radical (unpaired) electrons. The first-order chi connectivity index (χ1) is 8.66. The van der Waals surface area contributed by atoms with Gasteiger partial charge in [-0.25, -0.2) is 4.39 Å². The van der Waals surface area contributed by atoms with Crippen LogP contribution < -0.4 is 0 Å². The van der Waals surface area contributed by atoms with Crippen LogP contribution in [0.3, 0.4) is 0 Å². The molecule has 0 bridgehead atoms. The topological polar surface area (TPSA) is 29.5 Å². The molecule has 0 unspecified atom stereocenters. The Morgan fingerprint density at radius 1 is 1.39 bits per heavy atom. The molecule has 0 spiro atoms. The largest absolute Gasteiger partial charge is 0.378 e. The molecule has 5 heteroatoms. The number of amides is 1. The summed E-state index contributed by atoms with van der Waals surface area (Å²) in [7, 11) is 0. The van der Waals surface area contributed by atoms with E-state index in [2.05, 4.69) is 15.9 Å². The van der Waals surface area contributed by atoms with Gasteiger partial charge in [0.1, 0.15) is 5.82 Å². The summed E-state index contributed by atoms with van der Waals surface area (Å²) in [5.74, 6) is -0.457. The highest BCUT2D eigenvalue weighted by Crippen LogP contribution is 2.16. The monoisotopic (exact) mass is 313 g/mol. The van der Waals surface area contributed by atoms with Crippen LogP contribution >= 0.6 is 15.9 Å². The zero-order valence-corrected chi connectivity index (χ0v) is 11.3. The lowest BCUT2D eigenvalue weighted by Crippen LogP contribution is -2.39. The van der Waals surface area contributed by atoms with Gasteiger partial charge >= 0.3 is 0 Å². The minimum absolute atomic E-state index is 0.113. The summed E-state index contributed by atoms with van der Waals surface area (Å²) in [6.07, 6.45) is 2.90. The van der Waals surface area contributed by atoms with Gasteiger partial charge in [-0.2, -0.15) is 0 Å². The number of carbonyl (C=O) groups excluding carboxylic acids is 1. The number of nitrogens with zero attached hydrogens (tertiary/aromatic N) is 1. The fourth-order valence-electron chi connectivity index (χ4n) is 1.69. The Morgan fingerprint density at radius 2 is 2.11 bits per heavy atom. The van der Waals surface area contributed by atoms with E-state index in [0.29, 0.717) is 31.9 Å². The normalized spacial score (nSPS) is 16.2. The van der Waals surface area contributed by atoms with Crippen molar-refractivity contribution in [3.05, 3.63) is 40.1 Å². The van der Waals surface area contributed by atoms with Gasteiger partial charge in [0.05, 0.1) is 13.2 Å². The van der Waals surface area contributed by atoms with Gasteiger partial charge in [0.25, 0.3) is 0 Å². The summed E-state index contributed by atoms with van der Waals surface area (Å²) in [4.78, 5) is 13.5. The van der Waals surface area contributed by atoms with Gasteiger partial charge in [0.15, 0.2) is 0 Å². The van der Waals surface area contributed by atoms with Crippen molar-refractivity contribution in [1.82, 2.24) is 4.90 Å². The molecule has 3 nitrogen and oxygen atoms in total. The Kier molecular flexibility index (Phi) is 4.49. The summed E-state index contributed by atoms with van der Waals surface area (Å²) in [5, 5.41) is 0. The SMILES string of the molecule is O=C(/C=C\c1cc(Br)ccc1F)N1CCOCC1. The first-order valence-corrected chi connectivity index (χ1v) is 6.46. The summed E-state index contributed by atoms with van der Waals surface area (Å²) < 4.78 is 19.4. The van der Waals surface area contributed by atoms with Crippen LogP contribution in [0.25, 0.3) is 6.08 Å². The highest BCUT2D eigenvalue weighted by molar-refractivity contribution is 9.10. The summed E-state index contributed by atoms with van der Waals surface area (Å²) in [6.45, 7) is 2.30. The second kappa shape index (κ2) is 6.11. The Hall–Kier alpha value is -1.20. The van der Waals surface area contributed by atoms with Crippen LogP contribution in [0.5, 0.6) is 0 Å². The van der Waals surface area contributed by atoms with Crippen molar-refractivity contribution in [1.29, 1.82) is 0 Å². The van der Waals surface area contributed by atoms with Gasteiger partial charge in [-0.05, 0) is 24.3 Å². The number of rotatable bonds is 2. The van der Waals surface area contributed by atoms with Gasteiger partial charge in [0.2, 0.25) is 5.91 Å². The fourth-order valence-corrected chi connectivity index (χ4v) is 2.07. The molecule has 1 heterocycles. The summed E-state index contributed by atoms with van der Waals surface area (Å²) in [6, 6.07) is 4.62. The van der Waals surface area contributed by atoms with Crippen LogP contribution in [0.4, 0.5) is 4.39 Å². The quantitative estimate of drug-likeness (QED) is 0.785. The van der Waals surface area contributed by atoms with E-state index in [4.69, 9.17) is 4.74 Å². The van der Waals surface area contributed by atoms with Crippen molar-refractivity contribution in [2.24, 2.45) is 0 Å². The van der Waals surface area contributed by atoms with Crippen molar-refractivity contribution in [3.63, 3.8) is 0 Å². The van der Waals surface area contributed by atoms with E-state index in [0.717, 1.165) is 4.47 Å². The van der Waals surface area contributed by atoms with Crippen LogP contribution in [0.1, 0.15) is 5.56 Å². The molecular weight excluding hydrogens is 301 g/mol. The number of halogens is 2. The molecule has 1 aliphatic rings. The lowest BCUT2D eigenvalue weighted by atomic mass is 10.2. The zero-order chi connectivity index (χ0) is 13.0. The third-order valence-electron chi connectivity index (χ3n) is 2.69. The van der Waals surface area contributed by atoms with E-state index in [1.54, 1.807) is 17.0 Å². The van der Waals surface area contributed by atoms with Crippen molar-refractivity contribution in [2.75, 3.05) is 26.3 Å². The van der Waals surface area contributed by atoms with Crippen molar-refractivity contribution in [2.45, 2.75) is 0 Å². The molecule has 1 amide bonds. The average molecular weight is 314 g/mol. The molecule has 2 rings (SSSR count). The third-order valence-corrected chi connectivity index (χ3v) is 3.18. The molecule has 96 valence electrons. The van der Waals surface area contributed by atoms with Crippen LogP contribution in [0.15, 0.2) is 28.7 Å². The third kappa shape index (κ3) is 3.40. The molecule has 1 saturated heterocycles. The minimum Gasteiger partial charge on any atom is -0.378 e. The second-order valence-electron chi connectivity index (χ2n) is 3.94. The van der Waals surface area contributed by atoms with Gasteiger partial charge in [0, 0.05) is 29.2 Å². The summed E-state index contributed by atoms with van der Waals surface area (Å²) >= 11 is 3.27. The van der Waals surface area contributed by atoms with Crippen LogP contribution in [0.2, 0.25) is 0 Å². The van der Waals surface area contributed by atoms with Crippen molar-refractivity contribution in [3.8, 4) is 0 Å². The maximum absolute atomic E-state index is 13.4. The lowest BCUT2D eigenvalue weighted by molar-refractivity contribution is -0.129. The molecule has 0 atom stereocenters. The van der Waals surface area contributed by atoms with E-state index in [1.807, 2.05) is 0 Å². The minimum atomic E-state index is -0.343. The highest BCUT2D eigenvalue weighted by atomic mass is 79.9. The molecule has 0 aromatic heterocycles. The zero-order valence-electron chi connectivity index (χ0n) is 9.73. The van der Waals surface area contributed by atoms with Gasteiger partial charge in [-0.1, -0.05) is 15.9 Å². The van der Waals surface area contributed by atoms with Gasteiger partial charge < -0.3 is 9.64 Å². The number of benzene rings is 1. The summed E-state index contributed by atoms with van der Waals surface area (Å²) in [5.41, 5.74) is 0.394. The van der Waals surface area contributed by atoms with Crippen LogP contribution in [-0.2, 0) is 9.53 Å². The predicted octanol–water partition coefficient (Wildman–Crippen LogP) is 2.46. The Balaban J connectivity index is 2.05. The Bertz CT molecular complexity index is 470. The van der Waals surface area contributed by atoms with Crippen LogP contribution in [0, 0.1) is 5.82 Å². The van der Waals surface area contributed by atoms with Crippen LogP contribution in [-0.4, -0.2) is 37.1 Å². The highest BCUT2D eigenvalue weighted by Gasteiger charge is 2.14. The lowest BCUT2D eigenvalue weighted by Gasteiger charge is -2.25. The van der Waals surface area contributed by atoms with Crippen molar-refractivity contribution < 1.29 is 13.9 Å². The predicted molar refractivity (Wildman–Crippen MR) is 70.5 cm³/mol. The fraction of sp³-hybridized carbons (Fsp3) is 0.308. The standard InChI is InChI=1S/C13H13BrFNO2/c14-11-2-3-12(15)10(9-11)1-4-13(17)16-5-7-18-8-6-16/h1-4,9H,5-8H2/b4-1-. The number of hydrogen-bond acceptors (Lipinski definition) is 2. The van der Waals surface area contributed by atoms with E-state index in [9.17, 15) is 9.18 Å². The Labute approximate surface area is 113 Å². The van der Waals surface area contributed by atoms with E-state index in [1.165, 1.54) is 18.2 Å². The molecule has 1 fully saturated rings. The number of ether oxygens (including phenoxy) is 1. The molecule has 18 heavy (non-hydrogen) atoms. The average Bonchev–Trinajstić information content (AvgIpc) is 2.40. The van der Waals surface area contributed by atoms with Gasteiger partial charge in [-0.3, -0.25) is 4.79 Å².